The van der Waals surface area contributed by atoms with Crippen molar-refractivity contribution in [3.05, 3.63) is 23.0 Å². The molecule has 1 fully saturated rings. The summed E-state index contributed by atoms with van der Waals surface area (Å²) in [4.78, 5) is 28.0. The molecular formula is C16H19N3O4. The lowest BCUT2D eigenvalue weighted by Gasteiger charge is -2.11. The minimum atomic E-state index is -1.08. The van der Waals surface area contributed by atoms with Crippen molar-refractivity contribution in [3.8, 4) is 0 Å². The molecule has 7 nitrogen and oxygen atoms in total. The summed E-state index contributed by atoms with van der Waals surface area (Å²) in [5, 5.41) is 16.1. The average Bonchev–Trinajstić information content (AvgIpc) is 3.29. The second kappa shape index (κ2) is 5.98. The van der Waals surface area contributed by atoms with Crippen LogP contribution in [0.5, 0.6) is 0 Å². The number of hydrogen-bond acceptors (Lipinski definition) is 5. The van der Waals surface area contributed by atoms with Crippen LogP contribution in [0.15, 0.2) is 10.6 Å². The predicted octanol–water partition coefficient (Wildman–Crippen LogP) is 2.26. The molecule has 2 N–H and O–H groups in total. The van der Waals surface area contributed by atoms with E-state index in [0.29, 0.717) is 34.7 Å². The zero-order valence-electron chi connectivity index (χ0n) is 13.1. The number of pyridine rings is 1. The van der Waals surface area contributed by atoms with E-state index in [-0.39, 0.29) is 0 Å². The van der Waals surface area contributed by atoms with Gasteiger partial charge in [0.05, 0.1) is 16.6 Å². The molecule has 7 heteroatoms. The van der Waals surface area contributed by atoms with Crippen molar-refractivity contribution in [2.45, 2.75) is 51.5 Å². The van der Waals surface area contributed by atoms with E-state index in [1.807, 2.05) is 6.92 Å². The summed E-state index contributed by atoms with van der Waals surface area (Å²) >= 11 is 0. The molecule has 0 aliphatic heterocycles. The van der Waals surface area contributed by atoms with Gasteiger partial charge in [0, 0.05) is 11.6 Å². The Morgan fingerprint density at radius 2 is 2.22 bits per heavy atom. The quantitative estimate of drug-likeness (QED) is 0.846. The molecule has 0 radical (unpaired) electrons. The number of aryl methyl sites for hydroxylation is 1. The number of nitrogens with one attached hydrogen (secondary N) is 1. The first-order valence-corrected chi connectivity index (χ1v) is 7.84. The number of carboxylic acids is 1. The number of hydrogen-bond donors (Lipinski definition) is 2. The van der Waals surface area contributed by atoms with Gasteiger partial charge in [0.25, 0.3) is 11.6 Å². The van der Waals surface area contributed by atoms with Gasteiger partial charge in [-0.15, -0.1) is 0 Å². The Bertz CT molecular complexity index is 764. The summed E-state index contributed by atoms with van der Waals surface area (Å²) in [6.45, 7) is 3.44. The zero-order valence-corrected chi connectivity index (χ0v) is 13.1. The van der Waals surface area contributed by atoms with Crippen molar-refractivity contribution >= 4 is 23.0 Å². The van der Waals surface area contributed by atoms with Gasteiger partial charge in [-0.25, -0.2) is 4.98 Å². The number of carboxylic acid groups (broad SMARTS) is 1. The first-order valence-electron chi connectivity index (χ1n) is 7.84. The number of fused-ring (bicyclic) bond motifs is 1. The highest BCUT2D eigenvalue weighted by Gasteiger charge is 2.29. The van der Waals surface area contributed by atoms with Gasteiger partial charge in [0.15, 0.2) is 0 Å². The van der Waals surface area contributed by atoms with Crippen molar-refractivity contribution in [3.63, 3.8) is 0 Å². The molecular weight excluding hydrogens is 298 g/mol. The van der Waals surface area contributed by atoms with Gasteiger partial charge in [-0.1, -0.05) is 18.5 Å². The number of amides is 1. The molecule has 1 saturated carbocycles. The van der Waals surface area contributed by atoms with Crippen molar-refractivity contribution in [1.82, 2.24) is 15.5 Å². The Labute approximate surface area is 133 Å². The third-order valence-corrected chi connectivity index (χ3v) is 3.98. The number of aliphatic carboxylic acids is 1. The maximum atomic E-state index is 12.6. The molecule has 0 saturated heterocycles. The van der Waals surface area contributed by atoms with E-state index in [4.69, 9.17) is 9.63 Å². The molecule has 2 heterocycles. The van der Waals surface area contributed by atoms with Crippen LogP contribution in [0.4, 0.5) is 0 Å². The number of carbonyl (C=O) groups is 2. The van der Waals surface area contributed by atoms with Crippen LogP contribution in [0.1, 0.15) is 60.8 Å². The van der Waals surface area contributed by atoms with Gasteiger partial charge in [0.2, 0.25) is 0 Å². The van der Waals surface area contributed by atoms with E-state index in [1.165, 1.54) is 6.92 Å². The van der Waals surface area contributed by atoms with Crippen molar-refractivity contribution in [1.29, 1.82) is 0 Å². The normalized spacial score (nSPS) is 15.6. The molecule has 1 amide bonds. The van der Waals surface area contributed by atoms with Crippen LogP contribution < -0.4 is 5.32 Å². The molecule has 0 spiro atoms. The van der Waals surface area contributed by atoms with Gasteiger partial charge >= 0.3 is 5.97 Å². The van der Waals surface area contributed by atoms with Crippen molar-refractivity contribution in [2.75, 3.05) is 0 Å². The van der Waals surface area contributed by atoms with Crippen LogP contribution in [-0.4, -0.2) is 33.2 Å². The minimum absolute atomic E-state index is 0.350. The van der Waals surface area contributed by atoms with E-state index in [9.17, 15) is 9.59 Å². The molecule has 1 aliphatic carbocycles. The molecule has 1 aliphatic rings. The molecule has 2 aromatic heterocycles. The van der Waals surface area contributed by atoms with Crippen LogP contribution in [0.2, 0.25) is 0 Å². The molecule has 2 aromatic rings. The summed E-state index contributed by atoms with van der Waals surface area (Å²) in [6.07, 6.45) is 3.62. The minimum Gasteiger partial charge on any atom is -0.480 e. The van der Waals surface area contributed by atoms with E-state index in [1.54, 1.807) is 6.07 Å². The summed E-state index contributed by atoms with van der Waals surface area (Å²) in [6, 6.07) is 0.782. The van der Waals surface area contributed by atoms with Crippen molar-refractivity contribution < 1.29 is 19.2 Å². The number of rotatable bonds is 6. The summed E-state index contributed by atoms with van der Waals surface area (Å²) in [5.41, 5.74) is 2.25. The Hall–Kier alpha value is -2.44. The topological polar surface area (TPSA) is 105 Å². The highest BCUT2D eigenvalue weighted by atomic mass is 16.5. The lowest BCUT2D eigenvalue weighted by Crippen LogP contribution is -2.38. The van der Waals surface area contributed by atoms with Gasteiger partial charge in [-0.2, -0.15) is 0 Å². The van der Waals surface area contributed by atoms with Gasteiger partial charge in [-0.3, -0.25) is 9.59 Å². The number of aromatic nitrogens is 2. The standard InChI is InChI=1S/C16H19N3O4/c1-3-4-11-13-10(14(20)17-8(2)16(21)22)7-12(9-5-6-9)18-15(13)23-19-11/h7-9H,3-6H2,1-2H3,(H,17,20)(H,21,22)/t8-/m0/s1. The molecule has 0 unspecified atom stereocenters. The second-order valence-electron chi connectivity index (χ2n) is 5.96. The summed E-state index contributed by atoms with van der Waals surface area (Å²) in [7, 11) is 0. The maximum absolute atomic E-state index is 12.6. The molecule has 3 rings (SSSR count). The summed E-state index contributed by atoms with van der Waals surface area (Å²) in [5.74, 6) is -1.16. The maximum Gasteiger partial charge on any atom is 0.325 e. The van der Waals surface area contributed by atoms with Crippen LogP contribution in [-0.2, 0) is 11.2 Å². The third kappa shape index (κ3) is 3.04. The second-order valence-corrected chi connectivity index (χ2v) is 5.96. The third-order valence-electron chi connectivity index (χ3n) is 3.98. The van der Waals surface area contributed by atoms with Gasteiger partial charge in [-0.05, 0) is 32.3 Å². The molecule has 1 atom stereocenters. The smallest absolute Gasteiger partial charge is 0.325 e. The molecule has 122 valence electrons. The van der Waals surface area contributed by atoms with Crippen LogP contribution >= 0.6 is 0 Å². The highest BCUT2D eigenvalue weighted by molar-refractivity contribution is 6.07. The van der Waals surface area contributed by atoms with Crippen LogP contribution in [0.3, 0.4) is 0 Å². The number of carbonyl (C=O) groups excluding carboxylic acids is 1. The summed E-state index contributed by atoms with van der Waals surface area (Å²) < 4.78 is 5.31. The Kier molecular flexibility index (Phi) is 4.02. The van der Waals surface area contributed by atoms with Crippen molar-refractivity contribution in [2.24, 2.45) is 0 Å². The average molecular weight is 317 g/mol. The molecule has 0 aromatic carbocycles. The molecule has 23 heavy (non-hydrogen) atoms. The van der Waals surface area contributed by atoms with E-state index < -0.39 is 17.9 Å². The predicted molar refractivity (Wildman–Crippen MR) is 82.3 cm³/mol. The monoisotopic (exact) mass is 317 g/mol. The zero-order chi connectivity index (χ0) is 16.6. The highest BCUT2D eigenvalue weighted by Crippen LogP contribution is 2.40. The Morgan fingerprint density at radius 3 is 2.83 bits per heavy atom. The van der Waals surface area contributed by atoms with Crippen LogP contribution in [0, 0.1) is 0 Å². The molecule has 0 bridgehead atoms. The fourth-order valence-electron chi connectivity index (χ4n) is 2.54. The van der Waals surface area contributed by atoms with Gasteiger partial charge in [0.1, 0.15) is 6.04 Å². The number of nitrogens with zero attached hydrogens (tertiary/aromatic N) is 2. The Balaban J connectivity index is 2.05. The van der Waals surface area contributed by atoms with E-state index in [2.05, 4.69) is 15.5 Å². The first kappa shape index (κ1) is 15.5. The lowest BCUT2D eigenvalue weighted by molar-refractivity contribution is -0.138. The van der Waals surface area contributed by atoms with Crippen LogP contribution in [0.25, 0.3) is 11.1 Å². The van der Waals surface area contributed by atoms with Gasteiger partial charge < -0.3 is 14.9 Å². The lowest BCUT2D eigenvalue weighted by atomic mass is 10.0. The van der Waals surface area contributed by atoms with E-state index in [0.717, 1.165) is 25.0 Å². The fourth-order valence-corrected chi connectivity index (χ4v) is 2.54. The Morgan fingerprint density at radius 1 is 1.48 bits per heavy atom. The van der Waals surface area contributed by atoms with E-state index >= 15 is 0 Å². The SMILES string of the molecule is CCCc1noc2nc(C3CC3)cc(C(=O)N[C@@H](C)C(=O)O)c12. The largest absolute Gasteiger partial charge is 0.480 e. The fraction of sp³-hybridized carbons (Fsp3) is 0.500. The first-order chi connectivity index (χ1) is 11.0.